The maximum atomic E-state index is 13.3. The number of rotatable bonds is 9. The summed E-state index contributed by atoms with van der Waals surface area (Å²) in [5.41, 5.74) is 4.94. The Morgan fingerprint density at radius 3 is 2.11 bits per heavy atom. The molecule has 1 N–H and O–H groups in total. The summed E-state index contributed by atoms with van der Waals surface area (Å²) in [5, 5.41) is 3.04. The molecule has 0 unspecified atom stereocenters. The molecule has 0 fully saturated rings. The van der Waals surface area contributed by atoms with Gasteiger partial charge in [-0.2, -0.15) is 0 Å². The fraction of sp³-hybridized carbons (Fsp3) is 0.167. The highest BCUT2D eigenvalue weighted by atomic mass is 16.5. The first-order chi connectivity index (χ1) is 17.1. The zero-order valence-corrected chi connectivity index (χ0v) is 20.1. The molecule has 178 valence electrons. The quantitative estimate of drug-likeness (QED) is 0.295. The number of nitrogens with one attached hydrogen (secondary N) is 1. The molecule has 0 aliphatic carbocycles. The molecule has 0 heterocycles. The highest BCUT2D eigenvalue weighted by Crippen LogP contribution is 2.30. The van der Waals surface area contributed by atoms with Gasteiger partial charge in [0.15, 0.2) is 11.5 Å². The largest absolute Gasteiger partial charge is 0.493 e. The Balaban J connectivity index is 1.54. The van der Waals surface area contributed by atoms with Gasteiger partial charge in [0, 0.05) is 18.8 Å². The number of hydrogen-bond acceptors (Lipinski definition) is 3. The molecule has 0 saturated heterocycles. The van der Waals surface area contributed by atoms with Gasteiger partial charge in [0.1, 0.15) is 6.61 Å². The van der Waals surface area contributed by atoms with Crippen LogP contribution in [0.3, 0.4) is 0 Å². The molecular formula is C30H30N2O3. The predicted molar refractivity (Wildman–Crippen MR) is 140 cm³/mol. The molecule has 0 saturated carbocycles. The van der Waals surface area contributed by atoms with Crippen molar-refractivity contribution in [3.05, 3.63) is 125 Å². The van der Waals surface area contributed by atoms with E-state index in [0.717, 1.165) is 27.9 Å². The van der Waals surface area contributed by atoms with Crippen LogP contribution in [0.4, 0.5) is 10.5 Å². The number of carbonyl (C=O) groups excluding carboxylic acids is 1. The van der Waals surface area contributed by atoms with Crippen molar-refractivity contribution >= 4 is 11.7 Å². The van der Waals surface area contributed by atoms with Crippen LogP contribution in [0.15, 0.2) is 103 Å². The molecule has 4 aromatic carbocycles. The maximum Gasteiger partial charge on any atom is 0.322 e. The molecule has 4 rings (SSSR count). The lowest BCUT2D eigenvalue weighted by Crippen LogP contribution is -2.34. The van der Waals surface area contributed by atoms with Crippen LogP contribution in [-0.2, 0) is 19.7 Å². The minimum atomic E-state index is -0.165. The zero-order chi connectivity index (χ0) is 24.5. The number of ether oxygens (including phenoxy) is 2. The molecule has 4 aromatic rings. The van der Waals surface area contributed by atoms with Crippen LogP contribution in [0, 0.1) is 6.92 Å². The third-order valence-electron chi connectivity index (χ3n) is 5.61. The third kappa shape index (κ3) is 6.87. The smallest absolute Gasteiger partial charge is 0.322 e. The summed E-state index contributed by atoms with van der Waals surface area (Å²) >= 11 is 0. The van der Waals surface area contributed by atoms with Crippen molar-refractivity contribution < 1.29 is 14.3 Å². The first-order valence-electron chi connectivity index (χ1n) is 11.6. The van der Waals surface area contributed by atoms with Gasteiger partial charge in [0.25, 0.3) is 0 Å². The highest BCUT2D eigenvalue weighted by Gasteiger charge is 2.17. The Morgan fingerprint density at radius 1 is 0.743 bits per heavy atom. The predicted octanol–water partition coefficient (Wildman–Crippen LogP) is 6.82. The van der Waals surface area contributed by atoms with Crippen molar-refractivity contribution in [2.24, 2.45) is 0 Å². The first-order valence-corrected chi connectivity index (χ1v) is 11.6. The number of urea groups is 1. The fourth-order valence-corrected chi connectivity index (χ4v) is 3.82. The summed E-state index contributed by atoms with van der Waals surface area (Å²) in [6.45, 7) is 3.33. The van der Waals surface area contributed by atoms with Gasteiger partial charge in [0.05, 0.1) is 7.11 Å². The van der Waals surface area contributed by atoms with E-state index in [0.29, 0.717) is 31.2 Å². The average Bonchev–Trinajstić information content (AvgIpc) is 2.88. The Morgan fingerprint density at radius 2 is 1.43 bits per heavy atom. The van der Waals surface area contributed by atoms with Crippen molar-refractivity contribution in [1.82, 2.24) is 4.90 Å². The van der Waals surface area contributed by atoms with E-state index in [1.165, 1.54) is 0 Å². The second kappa shape index (κ2) is 11.7. The molecule has 35 heavy (non-hydrogen) atoms. The second-order valence-corrected chi connectivity index (χ2v) is 8.40. The van der Waals surface area contributed by atoms with Crippen molar-refractivity contribution in [1.29, 1.82) is 0 Å². The Labute approximate surface area is 206 Å². The monoisotopic (exact) mass is 466 g/mol. The van der Waals surface area contributed by atoms with E-state index in [2.05, 4.69) is 5.32 Å². The summed E-state index contributed by atoms with van der Waals surface area (Å²) < 4.78 is 11.6. The van der Waals surface area contributed by atoms with Gasteiger partial charge in [-0.1, -0.05) is 78.9 Å². The summed E-state index contributed by atoms with van der Waals surface area (Å²) in [6, 6.07) is 33.4. The van der Waals surface area contributed by atoms with Gasteiger partial charge < -0.3 is 19.7 Å². The van der Waals surface area contributed by atoms with Gasteiger partial charge >= 0.3 is 6.03 Å². The van der Waals surface area contributed by atoms with Crippen molar-refractivity contribution in [3.63, 3.8) is 0 Å². The van der Waals surface area contributed by atoms with E-state index in [1.54, 1.807) is 12.0 Å². The second-order valence-electron chi connectivity index (χ2n) is 8.40. The van der Waals surface area contributed by atoms with Crippen LogP contribution in [0.1, 0.15) is 22.3 Å². The van der Waals surface area contributed by atoms with E-state index in [9.17, 15) is 4.79 Å². The summed E-state index contributed by atoms with van der Waals surface area (Å²) in [6.07, 6.45) is 0. The Bertz CT molecular complexity index is 1240. The number of carbonyl (C=O) groups is 1. The van der Waals surface area contributed by atoms with E-state index in [1.807, 2.05) is 110 Å². The fourth-order valence-electron chi connectivity index (χ4n) is 3.82. The van der Waals surface area contributed by atoms with Gasteiger partial charge in [-0.25, -0.2) is 4.79 Å². The number of nitrogens with zero attached hydrogens (tertiary/aromatic N) is 1. The van der Waals surface area contributed by atoms with Crippen LogP contribution in [0.5, 0.6) is 11.5 Å². The third-order valence-corrected chi connectivity index (χ3v) is 5.61. The first kappa shape index (κ1) is 23.9. The lowest BCUT2D eigenvalue weighted by Gasteiger charge is -2.24. The number of aryl methyl sites for hydroxylation is 1. The van der Waals surface area contributed by atoms with Crippen LogP contribution < -0.4 is 14.8 Å². The molecular weight excluding hydrogens is 436 g/mol. The van der Waals surface area contributed by atoms with Crippen LogP contribution in [0.25, 0.3) is 0 Å². The lowest BCUT2D eigenvalue weighted by atomic mass is 10.1. The number of benzene rings is 4. The highest BCUT2D eigenvalue weighted by molar-refractivity contribution is 5.89. The van der Waals surface area contributed by atoms with Gasteiger partial charge in [-0.05, 0) is 53.4 Å². The standard InChI is InChI=1S/C30H30N2O3/c1-23-10-9-15-27(18-23)31-30(33)32(20-24-11-5-3-6-12-24)21-26-16-17-28(34-2)29(19-26)35-22-25-13-7-4-8-14-25/h3-19H,20-22H2,1-2H3,(H,31,33). The number of anilines is 1. The molecule has 0 aliphatic heterocycles. The van der Waals surface area contributed by atoms with Crippen LogP contribution >= 0.6 is 0 Å². The Kier molecular flexibility index (Phi) is 8.02. The molecule has 2 amide bonds. The summed E-state index contributed by atoms with van der Waals surface area (Å²) in [4.78, 5) is 15.1. The zero-order valence-electron chi connectivity index (χ0n) is 20.1. The molecule has 0 aliphatic rings. The molecule has 0 aromatic heterocycles. The topological polar surface area (TPSA) is 50.8 Å². The van der Waals surface area contributed by atoms with E-state index >= 15 is 0 Å². The Hall–Kier alpha value is -4.25. The molecule has 0 radical (unpaired) electrons. The number of amides is 2. The molecule has 0 spiro atoms. The summed E-state index contributed by atoms with van der Waals surface area (Å²) in [5.74, 6) is 1.30. The lowest BCUT2D eigenvalue weighted by molar-refractivity contribution is 0.206. The van der Waals surface area contributed by atoms with Crippen molar-refractivity contribution in [2.45, 2.75) is 26.6 Å². The van der Waals surface area contributed by atoms with E-state index in [4.69, 9.17) is 9.47 Å². The van der Waals surface area contributed by atoms with Gasteiger partial charge in [-0.3, -0.25) is 0 Å². The molecule has 5 nitrogen and oxygen atoms in total. The maximum absolute atomic E-state index is 13.3. The SMILES string of the molecule is COc1ccc(CN(Cc2ccccc2)C(=O)Nc2cccc(C)c2)cc1OCc1ccccc1. The minimum Gasteiger partial charge on any atom is -0.493 e. The van der Waals surface area contributed by atoms with Crippen LogP contribution in [0.2, 0.25) is 0 Å². The van der Waals surface area contributed by atoms with Gasteiger partial charge in [-0.15, -0.1) is 0 Å². The minimum absolute atomic E-state index is 0.165. The number of methoxy groups -OCH3 is 1. The van der Waals surface area contributed by atoms with E-state index < -0.39 is 0 Å². The number of hydrogen-bond donors (Lipinski definition) is 1. The molecule has 0 atom stereocenters. The van der Waals surface area contributed by atoms with E-state index in [-0.39, 0.29) is 6.03 Å². The molecule has 0 bridgehead atoms. The summed E-state index contributed by atoms with van der Waals surface area (Å²) in [7, 11) is 1.63. The van der Waals surface area contributed by atoms with Crippen molar-refractivity contribution in [2.75, 3.05) is 12.4 Å². The normalized spacial score (nSPS) is 10.5. The average molecular weight is 467 g/mol. The van der Waals surface area contributed by atoms with Crippen LogP contribution in [-0.4, -0.2) is 18.0 Å². The molecule has 5 heteroatoms. The van der Waals surface area contributed by atoms with Gasteiger partial charge in [0.2, 0.25) is 0 Å². The van der Waals surface area contributed by atoms with Crippen molar-refractivity contribution in [3.8, 4) is 11.5 Å².